The molecular weight excluding hydrogens is 1300 g/mol. The van der Waals surface area contributed by atoms with Crippen molar-refractivity contribution in [2.75, 3.05) is 0 Å². The second kappa shape index (κ2) is 27.1. The third-order valence-corrected chi connectivity index (χ3v) is 24.0. The number of aryl methyl sites for hydroxylation is 10. The molecule has 22 rings (SSSR count). The van der Waals surface area contributed by atoms with Crippen molar-refractivity contribution in [1.29, 1.82) is 0 Å². The fraction of sp³-hybridized carbons (Fsp3) is 0.206. The zero-order valence-electron chi connectivity index (χ0n) is 63.9. The van der Waals surface area contributed by atoms with Crippen LogP contribution < -0.4 is 22.8 Å². The number of benzene rings is 11. The zero-order valence-corrected chi connectivity index (χ0v) is 63.9. The first-order chi connectivity index (χ1) is 52.1. The number of aromatic nitrogens is 5. The van der Waals surface area contributed by atoms with Crippen LogP contribution in [0.5, 0.6) is 0 Å². The molecule has 0 spiro atoms. The Morgan fingerprint density at radius 1 is 0.327 bits per heavy atom. The van der Waals surface area contributed by atoms with Crippen LogP contribution >= 0.6 is 0 Å². The highest BCUT2D eigenvalue weighted by atomic mass is 15.0. The molecule has 0 atom stereocenters. The van der Waals surface area contributed by atoms with E-state index in [0.717, 1.165) is 32.7 Å². The molecule has 5 heteroatoms. The summed E-state index contributed by atoms with van der Waals surface area (Å²) in [6.07, 6.45) is 6.96. The molecule has 0 N–H and O–H groups in total. The van der Waals surface area contributed by atoms with Gasteiger partial charge >= 0.3 is 0 Å². The van der Waals surface area contributed by atoms with E-state index in [4.69, 9.17) is 0 Å². The molecule has 0 unspecified atom stereocenters. The average molecular weight is 1390 g/mol. The molecule has 6 aliphatic rings. The minimum absolute atomic E-state index is 0.564. The Morgan fingerprint density at radius 3 is 1.51 bits per heavy atom. The van der Waals surface area contributed by atoms with Crippen LogP contribution in [0.3, 0.4) is 0 Å². The number of hydrogen-bond donors (Lipinski definition) is 0. The summed E-state index contributed by atoms with van der Waals surface area (Å²) in [5.74, 6) is 0.564. The van der Waals surface area contributed by atoms with Crippen molar-refractivity contribution in [3.05, 3.63) is 349 Å². The Bertz CT molecular complexity index is 6370. The number of hydrogen-bond acceptors (Lipinski definition) is 0. The molecule has 522 valence electrons. The smallest absolute Gasteiger partial charge is 0.193 e. The van der Waals surface area contributed by atoms with Gasteiger partial charge in [0.2, 0.25) is 50.5 Å². The highest BCUT2D eigenvalue weighted by Crippen LogP contribution is 2.43. The van der Waals surface area contributed by atoms with E-state index in [1.54, 1.807) is 16.7 Å². The minimum atomic E-state index is 0.564. The molecule has 1 aliphatic carbocycles. The Kier molecular flexibility index (Phi) is 17.1. The second-order valence-electron chi connectivity index (χ2n) is 31.5. The van der Waals surface area contributed by atoms with Gasteiger partial charge in [-0.1, -0.05) is 149 Å². The van der Waals surface area contributed by atoms with Gasteiger partial charge in [0.25, 0.3) is 0 Å². The molecule has 0 radical (unpaired) electrons. The van der Waals surface area contributed by atoms with Crippen LogP contribution in [0.15, 0.2) is 255 Å². The maximum Gasteiger partial charge on any atom is 0.221 e. The molecule has 16 aromatic rings. The number of para-hydroxylation sites is 2. The van der Waals surface area contributed by atoms with E-state index < -0.39 is 0 Å². The lowest BCUT2D eigenvalue weighted by atomic mass is 9.83. The van der Waals surface area contributed by atoms with Crippen LogP contribution in [0.2, 0.25) is 0 Å². The molecular formula is C102H94N5+5. The van der Waals surface area contributed by atoms with Crippen LogP contribution in [0.25, 0.3) is 122 Å². The van der Waals surface area contributed by atoms with Gasteiger partial charge in [-0.2, -0.15) is 22.8 Å². The van der Waals surface area contributed by atoms with Crippen molar-refractivity contribution in [1.82, 2.24) is 0 Å². The van der Waals surface area contributed by atoms with Crippen molar-refractivity contribution < 1.29 is 22.8 Å². The predicted molar refractivity (Wildman–Crippen MR) is 442 cm³/mol. The molecule has 10 heterocycles. The number of pyridine rings is 5. The summed E-state index contributed by atoms with van der Waals surface area (Å²) in [5, 5.41) is 8.00. The highest BCUT2D eigenvalue weighted by Gasteiger charge is 2.39. The van der Waals surface area contributed by atoms with Gasteiger partial charge in [-0.25, -0.2) is 0 Å². The fourth-order valence-corrected chi connectivity index (χ4v) is 18.7. The summed E-state index contributed by atoms with van der Waals surface area (Å²) in [6, 6.07) is 91.9. The van der Waals surface area contributed by atoms with E-state index in [1.165, 1.54) is 225 Å². The number of rotatable bonds is 4. The van der Waals surface area contributed by atoms with Crippen molar-refractivity contribution in [2.45, 2.75) is 140 Å². The zero-order chi connectivity index (χ0) is 73.0. The Morgan fingerprint density at radius 2 is 0.850 bits per heavy atom. The Hall–Kier alpha value is -11.5. The van der Waals surface area contributed by atoms with Gasteiger partial charge in [-0.05, 0) is 237 Å². The van der Waals surface area contributed by atoms with Crippen LogP contribution in [-0.2, 0) is 52.0 Å². The maximum atomic E-state index is 2.55. The van der Waals surface area contributed by atoms with Gasteiger partial charge in [0, 0.05) is 103 Å². The second-order valence-corrected chi connectivity index (χ2v) is 31.5. The van der Waals surface area contributed by atoms with Crippen LogP contribution in [0.4, 0.5) is 0 Å². The molecule has 0 amide bonds. The standard InChI is InChI=1S/C24H20N.C21H22N.C20H18N.C19H18N.C18H16N/c1-16-12-17(2)22-15-25-23(21(22)13-16)11-10-19-8-9-20(14-24(19)25)18-6-4-3-5-7-18;1-13(2)17-6-5-16-7-8-20-18-10-14(3)9-15(4)19(18)12-22(20)21(16)11-17;1-12-9-13(2)17-11-21-18-6-4-3-5-14(18)10-15-7-8-16(12)19(17)20(15)21;1-2-5-14-8-9-16-13-20-18-7-4-3-6-15(18)10-11-19(20)17(16)12-14;1-12-9-13(2)17-11-19-8-7-14-5-3-4-6-15(14)18(19)16(17)10-12/h3-14H,15H2,1-2H3;5-11,13H,12H2,1-4H3;3-6,9-10H,7-8,11H2,1-2H3;3-4,6-12H,2,5,13H2,1H3;3-10H,11H2,1-2H3/q5*+1. The first-order valence-electron chi connectivity index (χ1n) is 38.9. The van der Waals surface area contributed by atoms with Crippen LogP contribution in [0, 0.1) is 55.4 Å². The van der Waals surface area contributed by atoms with Gasteiger partial charge in [0.05, 0.1) is 33.2 Å². The molecule has 5 aromatic heterocycles. The van der Waals surface area contributed by atoms with Gasteiger partial charge < -0.3 is 0 Å². The highest BCUT2D eigenvalue weighted by molar-refractivity contribution is 5.95. The van der Waals surface area contributed by atoms with Gasteiger partial charge in [0.1, 0.15) is 0 Å². The van der Waals surface area contributed by atoms with Crippen molar-refractivity contribution in [3.8, 4) is 67.4 Å². The minimum Gasteiger partial charge on any atom is -0.193 e. The van der Waals surface area contributed by atoms with E-state index in [1.807, 2.05) is 0 Å². The SMILES string of the molecule is CCCc1ccc2c(c1)-c1ccc3ccccc3[n+]1C2.Cc1cc(C)c2c(c1)-c1c3ccccc3cc[n+]1C2.Cc1cc(C)c2c(c1)-c1ccc3ccc(-c4ccccc4)cc3[n+]1C2.Cc1cc(C)c2c(c1)-c1ccc3ccc(C(C)C)cc3[n+]1C2.Cc1cc(C)c2c3c1CCc1cc4ccccc4[n+](c1-3)C2. The molecule has 0 bridgehead atoms. The monoisotopic (exact) mass is 1390 g/mol. The molecule has 5 aliphatic heterocycles. The lowest BCUT2D eigenvalue weighted by Gasteiger charge is -2.18. The quantitative estimate of drug-likeness (QED) is 0.157. The Labute approximate surface area is 630 Å². The largest absolute Gasteiger partial charge is 0.221 e. The average Bonchev–Trinajstić information content (AvgIpc) is 1.56. The van der Waals surface area contributed by atoms with Crippen LogP contribution in [0.1, 0.15) is 128 Å². The lowest BCUT2D eigenvalue weighted by molar-refractivity contribution is -0.671. The van der Waals surface area contributed by atoms with Crippen molar-refractivity contribution in [3.63, 3.8) is 0 Å². The van der Waals surface area contributed by atoms with Crippen LogP contribution in [-0.4, -0.2) is 0 Å². The molecule has 11 aromatic carbocycles. The van der Waals surface area contributed by atoms with Gasteiger partial charge in [-0.3, -0.25) is 0 Å². The molecule has 107 heavy (non-hydrogen) atoms. The topological polar surface area (TPSA) is 19.4 Å². The summed E-state index contributed by atoms with van der Waals surface area (Å²) in [7, 11) is 0. The maximum absolute atomic E-state index is 2.55. The van der Waals surface area contributed by atoms with Gasteiger partial charge in [0.15, 0.2) is 38.9 Å². The van der Waals surface area contributed by atoms with E-state index in [-0.39, 0.29) is 0 Å². The predicted octanol–water partition coefficient (Wildman–Crippen LogP) is 22.1. The van der Waals surface area contributed by atoms with Crippen molar-refractivity contribution >= 4 is 54.4 Å². The molecule has 0 saturated carbocycles. The van der Waals surface area contributed by atoms with E-state index in [9.17, 15) is 0 Å². The summed E-state index contributed by atoms with van der Waals surface area (Å²) in [6.45, 7) is 29.6. The summed E-state index contributed by atoms with van der Waals surface area (Å²) in [5.41, 5.74) is 46.6. The normalized spacial score (nSPS) is 12.9. The molecule has 5 nitrogen and oxygen atoms in total. The first-order valence-corrected chi connectivity index (χ1v) is 38.9. The van der Waals surface area contributed by atoms with Crippen molar-refractivity contribution in [2.24, 2.45) is 0 Å². The Balaban J connectivity index is 0.0000000948. The summed E-state index contributed by atoms with van der Waals surface area (Å²) in [4.78, 5) is 0. The first kappa shape index (κ1) is 67.4. The summed E-state index contributed by atoms with van der Waals surface area (Å²) >= 11 is 0. The van der Waals surface area contributed by atoms with Gasteiger partial charge in [-0.15, -0.1) is 0 Å². The summed E-state index contributed by atoms with van der Waals surface area (Å²) < 4.78 is 12.3. The number of nitrogens with zero attached hydrogens (tertiary/aromatic N) is 5. The molecule has 0 fully saturated rings. The van der Waals surface area contributed by atoms with E-state index in [0.29, 0.717) is 5.92 Å². The fourth-order valence-electron chi connectivity index (χ4n) is 18.7. The van der Waals surface area contributed by atoms with E-state index >= 15 is 0 Å². The molecule has 0 saturated heterocycles. The lowest BCUT2D eigenvalue weighted by Crippen LogP contribution is -2.35. The number of fused-ring (bicyclic) bond motifs is 22. The third kappa shape index (κ3) is 11.9. The van der Waals surface area contributed by atoms with E-state index in [2.05, 4.69) is 354 Å². The third-order valence-electron chi connectivity index (χ3n) is 24.0.